The van der Waals surface area contributed by atoms with E-state index in [2.05, 4.69) is 10.1 Å². The quantitative estimate of drug-likeness (QED) is 0.845. The van der Waals surface area contributed by atoms with Crippen molar-refractivity contribution in [3.05, 3.63) is 47.5 Å². The summed E-state index contributed by atoms with van der Waals surface area (Å²) in [6.07, 6.45) is 8.85. The van der Waals surface area contributed by atoms with Crippen LogP contribution in [-0.2, 0) is 4.79 Å². The van der Waals surface area contributed by atoms with Gasteiger partial charge in [0.15, 0.2) is 0 Å². The van der Waals surface area contributed by atoms with Crippen molar-refractivity contribution in [1.82, 2.24) is 14.8 Å². The van der Waals surface area contributed by atoms with Crippen LogP contribution in [0.3, 0.4) is 0 Å². The zero-order chi connectivity index (χ0) is 12.3. The summed E-state index contributed by atoms with van der Waals surface area (Å²) in [4.78, 5) is 14.4. The summed E-state index contributed by atoms with van der Waals surface area (Å²) in [5.74, 6) is -1.00. The summed E-state index contributed by atoms with van der Waals surface area (Å²) in [6.45, 7) is 0. The number of rotatable bonds is 3. The molecule has 17 heavy (non-hydrogen) atoms. The minimum absolute atomic E-state index is 0.525. The van der Waals surface area contributed by atoms with Crippen LogP contribution in [0.4, 0.5) is 0 Å². The number of carboxylic acids is 1. The van der Waals surface area contributed by atoms with Crippen molar-refractivity contribution in [1.29, 1.82) is 0 Å². The summed E-state index contributed by atoms with van der Waals surface area (Å²) < 4.78 is 1.56. The van der Waals surface area contributed by atoms with Gasteiger partial charge in [0.2, 0.25) is 0 Å². The lowest BCUT2D eigenvalue weighted by molar-refractivity contribution is -0.131. The van der Waals surface area contributed by atoms with Crippen LogP contribution in [-0.4, -0.2) is 25.8 Å². The third kappa shape index (κ3) is 2.92. The molecule has 0 aliphatic carbocycles. The maximum Gasteiger partial charge on any atom is 0.328 e. The Kier molecular flexibility index (Phi) is 3.20. The maximum atomic E-state index is 10.4. The second kappa shape index (κ2) is 4.80. The fourth-order valence-electron chi connectivity index (χ4n) is 1.27. The van der Waals surface area contributed by atoms with Crippen molar-refractivity contribution in [2.75, 3.05) is 0 Å². The molecule has 0 aromatic carbocycles. The first-order valence-electron chi connectivity index (χ1n) is 4.72. The monoisotopic (exact) mass is 249 g/mol. The minimum atomic E-state index is -1.00. The molecule has 0 saturated carbocycles. The van der Waals surface area contributed by atoms with Gasteiger partial charge in [0.05, 0.1) is 23.1 Å². The molecule has 1 N–H and O–H groups in total. The Morgan fingerprint density at radius 2 is 2.24 bits per heavy atom. The number of aliphatic carboxylic acids is 1. The van der Waals surface area contributed by atoms with Crippen molar-refractivity contribution in [2.24, 2.45) is 0 Å². The van der Waals surface area contributed by atoms with Gasteiger partial charge in [0, 0.05) is 18.5 Å². The summed E-state index contributed by atoms with van der Waals surface area (Å²) >= 11 is 5.76. The van der Waals surface area contributed by atoms with E-state index in [9.17, 15) is 4.79 Å². The van der Waals surface area contributed by atoms with Crippen LogP contribution in [0.1, 0.15) is 5.56 Å². The first kappa shape index (κ1) is 11.3. The fraction of sp³-hybridized carbons (Fsp3) is 0. The van der Waals surface area contributed by atoms with Gasteiger partial charge in [0.25, 0.3) is 0 Å². The Bertz CT molecular complexity index is 578. The van der Waals surface area contributed by atoms with Gasteiger partial charge < -0.3 is 5.11 Å². The van der Waals surface area contributed by atoms with Gasteiger partial charge in [-0.1, -0.05) is 11.6 Å². The second-order valence-electron chi connectivity index (χ2n) is 3.25. The average Bonchev–Trinajstić information content (AvgIpc) is 2.74. The molecule has 0 spiro atoms. The molecule has 0 fully saturated rings. The standard InChI is InChI=1S/C11H8ClN3O2/c12-9-5-14-15(7-9)10-3-8(4-13-6-10)1-2-11(16)17/h1-7H,(H,16,17)/b2-1+. The van der Waals surface area contributed by atoms with Crippen molar-refractivity contribution < 1.29 is 9.90 Å². The molecule has 0 atom stereocenters. The lowest BCUT2D eigenvalue weighted by Crippen LogP contribution is -1.95. The van der Waals surface area contributed by atoms with E-state index >= 15 is 0 Å². The predicted octanol–water partition coefficient (Wildman–Crippen LogP) is 2.02. The van der Waals surface area contributed by atoms with Crippen LogP contribution in [0.2, 0.25) is 5.02 Å². The first-order valence-corrected chi connectivity index (χ1v) is 5.09. The lowest BCUT2D eigenvalue weighted by Gasteiger charge is -2.01. The van der Waals surface area contributed by atoms with Gasteiger partial charge in [-0.15, -0.1) is 0 Å². The van der Waals surface area contributed by atoms with Crippen molar-refractivity contribution in [2.45, 2.75) is 0 Å². The predicted molar refractivity (Wildman–Crippen MR) is 63.0 cm³/mol. The third-order valence-electron chi connectivity index (χ3n) is 1.98. The Morgan fingerprint density at radius 3 is 2.88 bits per heavy atom. The molecule has 0 aliphatic rings. The third-order valence-corrected chi connectivity index (χ3v) is 2.17. The molecule has 0 saturated heterocycles. The number of pyridine rings is 1. The van der Waals surface area contributed by atoms with Crippen LogP contribution < -0.4 is 0 Å². The number of carboxylic acid groups (broad SMARTS) is 1. The van der Waals surface area contributed by atoms with Crippen LogP contribution >= 0.6 is 11.6 Å². The lowest BCUT2D eigenvalue weighted by atomic mass is 10.2. The number of halogens is 1. The zero-order valence-corrected chi connectivity index (χ0v) is 9.37. The highest BCUT2D eigenvalue weighted by Crippen LogP contribution is 2.12. The molecular formula is C11H8ClN3O2. The van der Waals surface area contributed by atoms with E-state index in [1.165, 1.54) is 12.3 Å². The molecular weight excluding hydrogens is 242 g/mol. The van der Waals surface area contributed by atoms with E-state index in [0.717, 1.165) is 6.08 Å². The molecule has 0 amide bonds. The number of hydrogen-bond acceptors (Lipinski definition) is 3. The second-order valence-corrected chi connectivity index (χ2v) is 3.69. The highest BCUT2D eigenvalue weighted by molar-refractivity contribution is 6.30. The van der Waals surface area contributed by atoms with Crippen LogP contribution in [0.15, 0.2) is 36.9 Å². The summed E-state index contributed by atoms with van der Waals surface area (Å²) in [5, 5.41) is 13.1. The normalized spacial score (nSPS) is 10.9. The van der Waals surface area contributed by atoms with E-state index in [0.29, 0.717) is 16.3 Å². The smallest absolute Gasteiger partial charge is 0.328 e. The average molecular weight is 250 g/mol. The Morgan fingerprint density at radius 1 is 1.41 bits per heavy atom. The van der Waals surface area contributed by atoms with Crippen molar-refractivity contribution >= 4 is 23.6 Å². The summed E-state index contributed by atoms with van der Waals surface area (Å²) in [6, 6.07) is 1.76. The number of nitrogens with zero attached hydrogens (tertiary/aromatic N) is 3. The fourth-order valence-corrected chi connectivity index (χ4v) is 1.41. The van der Waals surface area contributed by atoms with Crippen molar-refractivity contribution in [3.63, 3.8) is 0 Å². The Balaban J connectivity index is 2.31. The molecule has 2 aromatic rings. The molecule has 5 nitrogen and oxygen atoms in total. The number of aromatic nitrogens is 3. The van der Waals surface area contributed by atoms with E-state index < -0.39 is 5.97 Å². The number of carbonyl (C=O) groups is 1. The van der Waals surface area contributed by atoms with Gasteiger partial charge in [-0.3, -0.25) is 4.98 Å². The number of hydrogen-bond donors (Lipinski definition) is 1. The SMILES string of the molecule is O=C(O)/C=C/c1cncc(-n2cc(Cl)cn2)c1. The molecule has 86 valence electrons. The molecule has 0 bridgehead atoms. The molecule has 0 radical (unpaired) electrons. The highest BCUT2D eigenvalue weighted by atomic mass is 35.5. The largest absolute Gasteiger partial charge is 0.478 e. The van der Waals surface area contributed by atoms with E-state index in [1.54, 1.807) is 29.3 Å². The van der Waals surface area contributed by atoms with E-state index in [-0.39, 0.29) is 0 Å². The Labute approximate surface area is 102 Å². The topological polar surface area (TPSA) is 68.0 Å². The van der Waals surface area contributed by atoms with E-state index in [1.807, 2.05) is 0 Å². The molecule has 2 rings (SSSR count). The van der Waals surface area contributed by atoms with Crippen LogP contribution in [0.25, 0.3) is 11.8 Å². The minimum Gasteiger partial charge on any atom is -0.478 e. The van der Waals surface area contributed by atoms with Gasteiger partial charge in [-0.25, -0.2) is 9.48 Å². The molecule has 0 aliphatic heterocycles. The maximum absolute atomic E-state index is 10.4. The van der Waals surface area contributed by atoms with Crippen LogP contribution in [0.5, 0.6) is 0 Å². The highest BCUT2D eigenvalue weighted by Gasteiger charge is 2.00. The Hall–Kier alpha value is -2.14. The molecule has 2 heterocycles. The summed E-state index contributed by atoms with van der Waals surface area (Å²) in [5.41, 5.74) is 1.39. The van der Waals surface area contributed by atoms with Gasteiger partial charge in [-0.2, -0.15) is 5.10 Å². The molecule has 6 heteroatoms. The van der Waals surface area contributed by atoms with E-state index in [4.69, 9.17) is 16.7 Å². The summed E-state index contributed by atoms with van der Waals surface area (Å²) in [7, 11) is 0. The van der Waals surface area contributed by atoms with Gasteiger partial charge in [-0.05, 0) is 17.7 Å². The first-order chi connectivity index (χ1) is 8.15. The van der Waals surface area contributed by atoms with Gasteiger partial charge >= 0.3 is 5.97 Å². The zero-order valence-electron chi connectivity index (χ0n) is 8.62. The molecule has 2 aromatic heterocycles. The van der Waals surface area contributed by atoms with Crippen LogP contribution in [0, 0.1) is 0 Å². The van der Waals surface area contributed by atoms with Crippen molar-refractivity contribution in [3.8, 4) is 5.69 Å². The van der Waals surface area contributed by atoms with Gasteiger partial charge in [0.1, 0.15) is 0 Å². The molecule has 0 unspecified atom stereocenters.